The van der Waals surface area contributed by atoms with Crippen LogP contribution in [0.1, 0.15) is 5.71 Å². The molecule has 0 N–H and O–H groups in total. The molecule has 5 heavy (non-hydrogen) atoms. The average Bonchev–Trinajstić information content (AvgIpc) is 0. The quantitative estimate of drug-likeness (QED) is 0.426. The van der Waals surface area contributed by atoms with Crippen LogP contribution in [0, 0.1) is 0 Å². The van der Waals surface area contributed by atoms with Crippen LogP contribution >= 0.6 is 0 Å². The van der Waals surface area contributed by atoms with Crippen LogP contribution in [0.4, 0.5) is 0 Å². The Hall–Kier alpha value is 3.60. The fraction of sp³-hybridized carbons (Fsp3) is 0. The zero-order chi connectivity index (χ0) is 0. The summed E-state index contributed by atoms with van der Waals surface area (Å²) in [7, 11) is 0. The zero-order valence-electron chi connectivity index (χ0n) is 6.15. The van der Waals surface area contributed by atoms with Gasteiger partial charge in [-0.15, -0.1) is 0 Å². The summed E-state index contributed by atoms with van der Waals surface area (Å²) in [6.07, 6.45) is 0. The van der Waals surface area contributed by atoms with Gasteiger partial charge in [-0.3, -0.25) is 0 Å². The van der Waals surface area contributed by atoms with Gasteiger partial charge in [-0.05, 0) is 0 Å². The van der Waals surface area contributed by atoms with Crippen molar-refractivity contribution >= 4 is 78.2 Å². The Bertz CT molecular complexity index is 20.5. The third kappa shape index (κ3) is 18.4. The van der Waals surface area contributed by atoms with Crippen molar-refractivity contribution in [1.82, 2.24) is 0 Å². The van der Waals surface area contributed by atoms with Gasteiger partial charge in [-0.1, -0.05) is 0 Å². The van der Waals surface area contributed by atoms with E-state index in [1.807, 2.05) is 0 Å². The summed E-state index contributed by atoms with van der Waals surface area (Å²) in [6.45, 7) is 0. The second-order valence-corrected chi connectivity index (χ2v) is 0. The van der Waals surface area contributed by atoms with Crippen molar-refractivity contribution in [2.24, 2.45) is 0 Å². The molecule has 0 aromatic carbocycles. The van der Waals surface area contributed by atoms with E-state index in [4.69, 9.17) is 0 Å². The van der Waals surface area contributed by atoms with Crippen LogP contribution in [0.5, 0.6) is 0 Å². The van der Waals surface area contributed by atoms with Crippen molar-refractivity contribution in [3.63, 3.8) is 0 Å². The average molecular weight is 209 g/mol. The molecule has 0 saturated carbocycles. The van der Waals surface area contributed by atoms with Gasteiger partial charge in [0.15, 0.2) is 17.4 Å². The standard InChI is InChI=1S/Al.Ca.Fe.Mg.Mn.7H/q;+2;;+2;;;;;4*-1. The van der Waals surface area contributed by atoms with E-state index >= 15 is 0 Å². The van der Waals surface area contributed by atoms with Crippen LogP contribution < -0.4 is 0 Å². The van der Waals surface area contributed by atoms with E-state index in [1.54, 1.807) is 0 Å². The smallest absolute Gasteiger partial charge is 1.00 e. The van der Waals surface area contributed by atoms with Crippen molar-refractivity contribution in [2.45, 2.75) is 0 Å². The Labute approximate surface area is 116 Å². The van der Waals surface area contributed by atoms with Crippen molar-refractivity contribution in [1.29, 1.82) is 0 Å². The first-order chi connectivity index (χ1) is 0. The predicted molar refractivity (Wildman–Crippen MR) is 25.9 cm³/mol. The molecule has 0 amide bonds. The molecule has 0 saturated heterocycles. The molecule has 0 atom stereocenters. The van der Waals surface area contributed by atoms with E-state index in [1.165, 1.54) is 0 Å². The Morgan fingerprint density at radius 1 is 1.20 bits per heavy atom. The summed E-state index contributed by atoms with van der Waals surface area (Å²) >= 11 is 0. The molecular formula is H7AlCaFeMgMn. The van der Waals surface area contributed by atoms with Crippen LogP contribution in [0.3, 0.4) is 0 Å². The molecule has 29 valence electrons. The van der Waals surface area contributed by atoms with E-state index in [9.17, 15) is 0 Å². The van der Waals surface area contributed by atoms with E-state index in [0.717, 1.165) is 0 Å². The van der Waals surface area contributed by atoms with Gasteiger partial charge in [0.25, 0.3) is 0 Å². The topological polar surface area (TPSA) is 0 Å². The summed E-state index contributed by atoms with van der Waals surface area (Å²) in [5.41, 5.74) is 0. The molecule has 0 aliphatic heterocycles. The van der Waals surface area contributed by atoms with Gasteiger partial charge < -0.3 is 5.71 Å². The summed E-state index contributed by atoms with van der Waals surface area (Å²) < 4.78 is 0. The van der Waals surface area contributed by atoms with Crippen LogP contribution in [-0.2, 0) is 34.1 Å². The predicted octanol–water partition coefficient (Wildman–Crippen LogP) is -1.50. The first-order valence-electron chi connectivity index (χ1n) is 0. The third-order valence-electron chi connectivity index (χ3n) is 0. The molecular weight excluding hydrogens is 202 g/mol. The van der Waals surface area contributed by atoms with E-state index < -0.39 is 0 Å². The van der Waals surface area contributed by atoms with E-state index in [-0.39, 0.29) is 118 Å². The molecule has 0 unspecified atom stereocenters. The maximum Gasteiger partial charge on any atom is 2.00 e. The maximum atomic E-state index is 0. The van der Waals surface area contributed by atoms with Gasteiger partial charge in [-0.25, -0.2) is 0 Å². The molecule has 0 rings (SSSR count). The summed E-state index contributed by atoms with van der Waals surface area (Å²) in [5, 5.41) is 0. The summed E-state index contributed by atoms with van der Waals surface area (Å²) in [4.78, 5) is 0. The molecule has 0 spiro atoms. The molecule has 1 radical (unpaired) electrons. The Kier molecular flexibility index (Phi) is 196. The van der Waals surface area contributed by atoms with Gasteiger partial charge in [-0.2, -0.15) is 0 Å². The van der Waals surface area contributed by atoms with Gasteiger partial charge in [0.2, 0.25) is 0 Å². The monoisotopic (exact) mass is 209 g/mol. The Morgan fingerprint density at radius 2 is 1.20 bits per heavy atom. The molecule has 0 aliphatic carbocycles. The second-order valence-electron chi connectivity index (χ2n) is 0. The minimum Gasteiger partial charge on any atom is -1.00 e. The fourth-order valence-electron chi connectivity index (χ4n) is 0. The van der Waals surface area contributed by atoms with Gasteiger partial charge in [0.05, 0.1) is 0 Å². The van der Waals surface area contributed by atoms with Crippen molar-refractivity contribution in [3.8, 4) is 0 Å². The fourth-order valence-corrected chi connectivity index (χ4v) is 0. The van der Waals surface area contributed by atoms with Crippen molar-refractivity contribution < 1.29 is 39.8 Å². The third-order valence-corrected chi connectivity index (χ3v) is 0. The SMILES string of the molecule is [AlH3].[Ca+2].[Fe].[H-].[H-].[H-].[H-].[Mg+2].[Mn]. The minimum absolute atomic E-state index is 0. The molecule has 0 heterocycles. The van der Waals surface area contributed by atoms with Crippen LogP contribution in [0.2, 0.25) is 0 Å². The van der Waals surface area contributed by atoms with Gasteiger partial charge in [0, 0.05) is 34.1 Å². The molecule has 5 heteroatoms. The van der Waals surface area contributed by atoms with Gasteiger partial charge in [0.1, 0.15) is 0 Å². The first-order valence-corrected chi connectivity index (χ1v) is 0. The second kappa shape index (κ2) is 25.6. The summed E-state index contributed by atoms with van der Waals surface area (Å²) in [5.74, 6) is 0. The number of rotatable bonds is 0. The molecule has 0 bridgehead atoms. The maximum absolute atomic E-state index is 0. The molecule has 0 nitrogen and oxygen atoms in total. The largest absolute Gasteiger partial charge is 2.00 e. The van der Waals surface area contributed by atoms with E-state index in [2.05, 4.69) is 0 Å². The molecule has 0 aromatic heterocycles. The van der Waals surface area contributed by atoms with E-state index in [0.29, 0.717) is 0 Å². The van der Waals surface area contributed by atoms with Gasteiger partial charge >= 0.3 is 60.8 Å². The van der Waals surface area contributed by atoms with Crippen LogP contribution in [-0.4, -0.2) is 78.2 Å². The number of hydrogen-bond acceptors (Lipinski definition) is 0. The normalized spacial score (nSPS) is 0. The minimum atomic E-state index is 0. The Balaban J connectivity index is 0. The number of hydrogen-bond donors (Lipinski definition) is 0. The first kappa shape index (κ1) is 38.3. The Morgan fingerprint density at radius 3 is 1.20 bits per heavy atom. The molecule has 0 fully saturated rings. The molecule has 0 aromatic rings. The van der Waals surface area contributed by atoms with Crippen LogP contribution in [0.15, 0.2) is 0 Å². The summed E-state index contributed by atoms with van der Waals surface area (Å²) in [6, 6.07) is 0. The van der Waals surface area contributed by atoms with Crippen LogP contribution in [0.25, 0.3) is 0 Å². The molecule has 0 aliphatic rings. The van der Waals surface area contributed by atoms with Crippen molar-refractivity contribution in [2.75, 3.05) is 0 Å². The van der Waals surface area contributed by atoms with Crippen molar-refractivity contribution in [3.05, 3.63) is 0 Å². The zero-order valence-corrected chi connectivity index (χ0v) is 8.05.